The van der Waals surface area contributed by atoms with Gasteiger partial charge in [0.25, 0.3) is 10.2 Å². The lowest BCUT2D eigenvalue weighted by molar-refractivity contribution is 0.303. The Balaban J connectivity index is 2.16. The molecule has 4 nitrogen and oxygen atoms in total. The minimum absolute atomic E-state index is 0.00907. The van der Waals surface area contributed by atoms with E-state index in [1.54, 1.807) is 0 Å². The number of nitrogens with zero attached hydrogens (tertiary/aromatic N) is 1. The zero-order valence-corrected chi connectivity index (χ0v) is 10.7. The van der Waals surface area contributed by atoms with Gasteiger partial charge in [0.05, 0.1) is 0 Å². The molecule has 0 bridgehead atoms. The van der Waals surface area contributed by atoms with Crippen LogP contribution in [0.4, 0.5) is 0 Å². The summed E-state index contributed by atoms with van der Waals surface area (Å²) in [6, 6.07) is 9.53. The van der Waals surface area contributed by atoms with Gasteiger partial charge in [-0.3, -0.25) is 0 Å². The summed E-state index contributed by atoms with van der Waals surface area (Å²) in [5, 5.41) is 5.29. The smallest absolute Gasteiger partial charge is 0.216 e. The molecule has 1 fully saturated rings. The van der Waals surface area contributed by atoms with E-state index >= 15 is 0 Å². The van der Waals surface area contributed by atoms with Crippen LogP contribution in [0.15, 0.2) is 30.3 Å². The van der Waals surface area contributed by atoms with E-state index in [-0.39, 0.29) is 6.04 Å². The Hall–Kier alpha value is -0.910. The number of nitrogens with two attached hydrogens (primary N) is 1. The first kappa shape index (κ1) is 12.5. The number of hydrogen-bond acceptors (Lipinski definition) is 2. The van der Waals surface area contributed by atoms with Crippen LogP contribution in [0, 0.1) is 5.92 Å². The molecule has 1 unspecified atom stereocenters. The maximum absolute atomic E-state index is 11.6. The SMILES string of the molecule is CC(C1CC1)N(Cc1ccccc1)S(N)(=O)=O. The maximum atomic E-state index is 11.6. The van der Waals surface area contributed by atoms with Crippen molar-refractivity contribution in [2.75, 3.05) is 0 Å². The van der Waals surface area contributed by atoms with E-state index in [1.807, 2.05) is 37.3 Å². The lowest BCUT2D eigenvalue weighted by Crippen LogP contribution is -2.43. The number of benzene rings is 1. The van der Waals surface area contributed by atoms with Crippen LogP contribution in [-0.4, -0.2) is 18.8 Å². The molecular weight excluding hydrogens is 236 g/mol. The molecule has 0 amide bonds. The Morgan fingerprint density at radius 2 is 1.94 bits per heavy atom. The monoisotopic (exact) mass is 254 g/mol. The van der Waals surface area contributed by atoms with E-state index in [2.05, 4.69) is 0 Å². The molecule has 1 aliphatic rings. The molecule has 0 spiro atoms. The van der Waals surface area contributed by atoms with E-state index in [4.69, 9.17) is 5.14 Å². The van der Waals surface area contributed by atoms with Crippen molar-refractivity contribution < 1.29 is 8.42 Å². The van der Waals surface area contributed by atoms with Crippen LogP contribution in [0.2, 0.25) is 0 Å². The van der Waals surface area contributed by atoms with Crippen molar-refractivity contribution in [1.82, 2.24) is 4.31 Å². The predicted molar refractivity (Wildman–Crippen MR) is 67.3 cm³/mol. The quantitative estimate of drug-likeness (QED) is 0.865. The summed E-state index contributed by atoms with van der Waals surface area (Å²) >= 11 is 0. The summed E-state index contributed by atoms with van der Waals surface area (Å²) in [6.45, 7) is 2.29. The van der Waals surface area contributed by atoms with Crippen molar-refractivity contribution in [3.8, 4) is 0 Å². The average molecular weight is 254 g/mol. The van der Waals surface area contributed by atoms with Crippen molar-refractivity contribution >= 4 is 10.2 Å². The van der Waals surface area contributed by atoms with Crippen LogP contribution in [-0.2, 0) is 16.8 Å². The van der Waals surface area contributed by atoms with Gasteiger partial charge >= 0.3 is 0 Å². The highest BCUT2D eigenvalue weighted by Crippen LogP contribution is 2.36. The molecule has 0 heterocycles. The van der Waals surface area contributed by atoms with Crippen molar-refractivity contribution in [3.05, 3.63) is 35.9 Å². The third-order valence-corrected chi connectivity index (χ3v) is 4.38. The molecule has 1 aliphatic carbocycles. The molecule has 2 rings (SSSR count). The van der Waals surface area contributed by atoms with Crippen molar-refractivity contribution in [1.29, 1.82) is 0 Å². The molecular formula is C12H18N2O2S. The molecule has 0 aromatic heterocycles. The second-order valence-corrected chi connectivity index (χ2v) is 6.15. The van der Waals surface area contributed by atoms with Gasteiger partial charge in [-0.1, -0.05) is 30.3 Å². The number of hydrogen-bond donors (Lipinski definition) is 1. The average Bonchev–Trinajstić information content (AvgIpc) is 3.08. The summed E-state index contributed by atoms with van der Waals surface area (Å²) in [6.07, 6.45) is 2.20. The van der Waals surface area contributed by atoms with Gasteiger partial charge in [-0.2, -0.15) is 12.7 Å². The summed E-state index contributed by atoms with van der Waals surface area (Å²) in [4.78, 5) is 0. The largest absolute Gasteiger partial charge is 0.277 e. The zero-order chi connectivity index (χ0) is 12.5. The summed E-state index contributed by atoms with van der Waals surface area (Å²) in [5.41, 5.74) is 0.967. The highest BCUT2D eigenvalue weighted by Gasteiger charge is 2.36. The van der Waals surface area contributed by atoms with Gasteiger partial charge in [-0.05, 0) is 31.2 Å². The Labute approximate surface area is 103 Å². The number of rotatable bonds is 5. The molecule has 94 valence electrons. The van der Waals surface area contributed by atoms with Gasteiger partial charge in [0.1, 0.15) is 0 Å². The van der Waals surface area contributed by atoms with Crippen LogP contribution in [0.3, 0.4) is 0 Å². The van der Waals surface area contributed by atoms with Crippen LogP contribution < -0.4 is 5.14 Å². The Bertz CT molecular complexity index is 469. The van der Waals surface area contributed by atoms with Crippen LogP contribution in [0.25, 0.3) is 0 Å². The van der Waals surface area contributed by atoms with E-state index in [9.17, 15) is 8.42 Å². The molecule has 1 saturated carbocycles. The maximum Gasteiger partial charge on any atom is 0.277 e. The van der Waals surface area contributed by atoms with E-state index in [0.717, 1.165) is 18.4 Å². The van der Waals surface area contributed by atoms with E-state index in [1.165, 1.54) is 4.31 Å². The molecule has 2 N–H and O–H groups in total. The fourth-order valence-electron chi connectivity index (χ4n) is 2.04. The molecule has 0 saturated heterocycles. The Morgan fingerprint density at radius 1 is 1.35 bits per heavy atom. The molecule has 1 aromatic rings. The minimum atomic E-state index is -3.63. The third-order valence-electron chi connectivity index (χ3n) is 3.27. The fraction of sp³-hybridized carbons (Fsp3) is 0.500. The van der Waals surface area contributed by atoms with Gasteiger partial charge in [0, 0.05) is 12.6 Å². The standard InChI is InChI=1S/C12H18N2O2S/c1-10(12-7-8-12)14(17(13,15)16)9-11-5-3-2-4-6-11/h2-6,10,12H,7-9H2,1H3,(H2,13,15,16). The van der Waals surface area contributed by atoms with Crippen LogP contribution >= 0.6 is 0 Å². The van der Waals surface area contributed by atoms with Gasteiger partial charge in [0.15, 0.2) is 0 Å². The highest BCUT2D eigenvalue weighted by molar-refractivity contribution is 7.86. The minimum Gasteiger partial charge on any atom is -0.216 e. The second kappa shape index (κ2) is 4.76. The summed E-state index contributed by atoms with van der Waals surface area (Å²) in [7, 11) is -3.63. The second-order valence-electron chi connectivity index (χ2n) is 4.65. The van der Waals surface area contributed by atoms with Gasteiger partial charge < -0.3 is 0 Å². The lowest BCUT2D eigenvalue weighted by Gasteiger charge is -2.26. The molecule has 0 aliphatic heterocycles. The normalized spacial score (nSPS) is 18.3. The van der Waals surface area contributed by atoms with Crippen LogP contribution in [0.5, 0.6) is 0 Å². The first-order chi connectivity index (χ1) is 7.98. The summed E-state index contributed by atoms with van der Waals surface area (Å²) in [5.74, 6) is 0.469. The van der Waals surface area contributed by atoms with Gasteiger partial charge in [-0.15, -0.1) is 0 Å². The third kappa shape index (κ3) is 3.28. The Kier molecular flexibility index (Phi) is 3.51. The summed E-state index contributed by atoms with van der Waals surface area (Å²) < 4.78 is 24.6. The van der Waals surface area contributed by atoms with Crippen molar-refractivity contribution in [3.63, 3.8) is 0 Å². The van der Waals surface area contributed by atoms with Gasteiger partial charge in [0.2, 0.25) is 0 Å². The zero-order valence-electron chi connectivity index (χ0n) is 9.91. The lowest BCUT2D eigenvalue weighted by atomic mass is 10.2. The van der Waals surface area contributed by atoms with Crippen molar-refractivity contribution in [2.24, 2.45) is 11.1 Å². The molecule has 17 heavy (non-hydrogen) atoms. The highest BCUT2D eigenvalue weighted by atomic mass is 32.2. The predicted octanol–water partition coefficient (Wildman–Crippen LogP) is 1.49. The topological polar surface area (TPSA) is 63.4 Å². The molecule has 0 radical (unpaired) electrons. The first-order valence-electron chi connectivity index (χ1n) is 5.82. The van der Waals surface area contributed by atoms with Gasteiger partial charge in [-0.25, -0.2) is 5.14 Å². The van der Waals surface area contributed by atoms with Crippen LogP contribution in [0.1, 0.15) is 25.3 Å². The molecule has 1 atom stereocenters. The Morgan fingerprint density at radius 3 is 2.41 bits per heavy atom. The van der Waals surface area contributed by atoms with E-state index < -0.39 is 10.2 Å². The molecule has 1 aromatic carbocycles. The fourth-order valence-corrected chi connectivity index (χ4v) is 3.01. The first-order valence-corrected chi connectivity index (χ1v) is 7.32. The van der Waals surface area contributed by atoms with Crippen molar-refractivity contribution in [2.45, 2.75) is 32.4 Å². The molecule has 5 heteroatoms. The van der Waals surface area contributed by atoms with E-state index in [0.29, 0.717) is 12.5 Å².